The van der Waals surface area contributed by atoms with Crippen molar-refractivity contribution in [1.82, 2.24) is 20.5 Å². The van der Waals surface area contributed by atoms with Crippen molar-refractivity contribution >= 4 is 5.96 Å². The number of rotatable bonds is 6. The fourth-order valence-electron chi connectivity index (χ4n) is 3.06. The number of hydrogen-bond donors (Lipinski definition) is 2. The maximum Gasteiger partial charge on any atom is 0.214 e. The number of benzene rings is 1. The van der Waals surface area contributed by atoms with E-state index in [4.69, 9.17) is 9.15 Å². The smallest absolute Gasteiger partial charge is 0.214 e. The SMILES string of the molecule is CN=C(NCc1nc(C)c(C)o1)NCc1ccccc1CN1CCOCC1. The van der Waals surface area contributed by atoms with Crippen molar-refractivity contribution in [3.05, 3.63) is 52.7 Å². The molecule has 2 heterocycles. The molecule has 0 amide bonds. The van der Waals surface area contributed by atoms with Gasteiger partial charge < -0.3 is 19.8 Å². The monoisotopic (exact) mass is 371 g/mol. The first kappa shape index (κ1) is 19.4. The standard InChI is InChI=1S/C20H29N5O2/c1-15-16(2)27-19(24-15)13-23-20(21-3)22-12-17-6-4-5-7-18(17)14-25-8-10-26-11-9-25/h4-7H,8-14H2,1-3H3,(H2,21,22,23). The number of nitrogens with one attached hydrogen (secondary N) is 2. The third-order valence-electron chi connectivity index (χ3n) is 4.77. The lowest BCUT2D eigenvalue weighted by molar-refractivity contribution is 0.0341. The number of aliphatic imine (C=N–C) groups is 1. The van der Waals surface area contributed by atoms with Crippen LogP contribution in [0, 0.1) is 13.8 Å². The molecule has 1 aliphatic rings. The molecule has 1 saturated heterocycles. The second-order valence-electron chi connectivity index (χ2n) is 6.69. The highest BCUT2D eigenvalue weighted by molar-refractivity contribution is 5.79. The first-order valence-electron chi connectivity index (χ1n) is 9.40. The summed E-state index contributed by atoms with van der Waals surface area (Å²) in [7, 11) is 1.76. The zero-order valence-corrected chi connectivity index (χ0v) is 16.4. The largest absolute Gasteiger partial charge is 0.444 e. The number of oxazole rings is 1. The molecule has 27 heavy (non-hydrogen) atoms. The van der Waals surface area contributed by atoms with E-state index in [1.165, 1.54) is 11.1 Å². The third-order valence-corrected chi connectivity index (χ3v) is 4.77. The van der Waals surface area contributed by atoms with Gasteiger partial charge in [0.15, 0.2) is 5.96 Å². The van der Waals surface area contributed by atoms with Gasteiger partial charge in [0.25, 0.3) is 0 Å². The summed E-state index contributed by atoms with van der Waals surface area (Å²) in [5, 5.41) is 6.63. The molecular weight excluding hydrogens is 342 g/mol. The Labute approximate surface area is 160 Å². The first-order valence-corrected chi connectivity index (χ1v) is 9.40. The number of morpholine rings is 1. The molecule has 0 aliphatic carbocycles. The zero-order chi connectivity index (χ0) is 19.1. The van der Waals surface area contributed by atoms with E-state index in [9.17, 15) is 0 Å². The summed E-state index contributed by atoms with van der Waals surface area (Å²) in [5.74, 6) is 2.25. The number of aryl methyl sites for hydroxylation is 2. The van der Waals surface area contributed by atoms with Gasteiger partial charge >= 0.3 is 0 Å². The van der Waals surface area contributed by atoms with E-state index in [1.807, 2.05) is 13.8 Å². The van der Waals surface area contributed by atoms with Crippen LogP contribution in [-0.4, -0.2) is 49.2 Å². The molecule has 0 unspecified atom stereocenters. The van der Waals surface area contributed by atoms with Crippen molar-refractivity contribution in [2.75, 3.05) is 33.4 Å². The maximum absolute atomic E-state index is 5.60. The molecule has 1 fully saturated rings. The van der Waals surface area contributed by atoms with Gasteiger partial charge in [-0.2, -0.15) is 0 Å². The predicted molar refractivity (Wildman–Crippen MR) is 106 cm³/mol. The lowest BCUT2D eigenvalue weighted by Gasteiger charge is -2.27. The molecule has 0 saturated carbocycles. The molecule has 0 bridgehead atoms. The van der Waals surface area contributed by atoms with Crippen LogP contribution in [0.2, 0.25) is 0 Å². The summed E-state index contributed by atoms with van der Waals surface area (Å²) in [6, 6.07) is 8.53. The van der Waals surface area contributed by atoms with Crippen LogP contribution in [0.4, 0.5) is 0 Å². The van der Waals surface area contributed by atoms with Gasteiger partial charge in [-0.1, -0.05) is 24.3 Å². The Morgan fingerprint density at radius 2 is 1.81 bits per heavy atom. The van der Waals surface area contributed by atoms with Crippen LogP contribution in [-0.2, 0) is 24.4 Å². The molecular formula is C20H29N5O2. The van der Waals surface area contributed by atoms with Crippen LogP contribution in [0.15, 0.2) is 33.7 Å². The molecule has 7 nitrogen and oxygen atoms in total. The molecule has 0 atom stereocenters. The van der Waals surface area contributed by atoms with Gasteiger partial charge in [-0.25, -0.2) is 4.98 Å². The lowest BCUT2D eigenvalue weighted by atomic mass is 10.1. The van der Waals surface area contributed by atoms with E-state index in [0.29, 0.717) is 19.0 Å². The van der Waals surface area contributed by atoms with Crippen molar-refractivity contribution < 1.29 is 9.15 Å². The van der Waals surface area contributed by atoms with Gasteiger partial charge in [0.05, 0.1) is 25.5 Å². The van der Waals surface area contributed by atoms with Crippen LogP contribution in [0.5, 0.6) is 0 Å². The van der Waals surface area contributed by atoms with E-state index >= 15 is 0 Å². The lowest BCUT2D eigenvalue weighted by Crippen LogP contribution is -2.37. The quantitative estimate of drug-likeness (QED) is 0.598. The van der Waals surface area contributed by atoms with Crippen molar-refractivity contribution in [3.8, 4) is 0 Å². The predicted octanol–water partition coefficient (Wildman–Crippen LogP) is 1.99. The number of ether oxygens (including phenoxy) is 1. The molecule has 2 N–H and O–H groups in total. The van der Waals surface area contributed by atoms with Crippen molar-refractivity contribution in [1.29, 1.82) is 0 Å². The van der Waals surface area contributed by atoms with E-state index in [2.05, 4.69) is 49.8 Å². The molecule has 146 valence electrons. The molecule has 1 aromatic carbocycles. The number of guanidine groups is 1. The Morgan fingerprint density at radius 1 is 1.11 bits per heavy atom. The topological polar surface area (TPSA) is 74.9 Å². The van der Waals surface area contributed by atoms with Crippen LogP contribution in [0.3, 0.4) is 0 Å². The van der Waals surface area contributed by atoms with Gasteiger partial charge in [-0.3, -0.25) is 9.89 Å². The van der Waals surface area contributed by atoms with E-state index in [-0.39, 0.29) is 0 Å². The van der Waals surface area contributed by atoms with Crippen LogP contribution < -0.4 is 10.6 Å². The number of aromatic nitrogens is 1. The Balaban J connectivity index is 1.54. The van der Waals surface area contributed by atoms with Gasteiger partial charge in [0, 0.05) is 33.2 Å². The van der Waals surface area contributed by atoms with Crippen LogP contribution in [0.1, 0.15) is 28.5 Å². The minimum absolute atomic E-state index is 0.504. The highest BCUT2D eigenvalue weighted by atomic mass is 16.5. The Hall–Kier alpha value is -2.38. The average molecular weight is 371 g/mol. The number of hydrogen-bond acceptors (Lipinski definition) is 5. The molecule has 0 spiro atoms. The molecule has 1 aliphatic heterocycles. The van der Waals surface area contributed by atoms with E-state index in [0.717, 1.165) is 50.3 Å². The number of nitrogens with zero attached hydrogens (tertiary/aromatic N) is 3. The fourth-order valence-corrected chi connectivity index (χ4v) is 3.06. The zero-order valence-electron chi connectivity index (χ0n) is 16.4. The average Bonchev–Trinajstić information content (AvgIpc) is 3.01. The molecule has 3 rings (SSSR count). The Bertz CT molecular complexity index is 746. The van der Waals surface area contributed by atoms with Crippen molar-refractivity contribution in [2.24, 2.45) is 4.99 Å². The summed E-state index contributed by atoms with van der Waals surface area (Å²) in [4.78, 5) is 11.1. The summed E-state index contributed by atoms with van der Waals surface area (Å²) in [5.41, 5.74) is 3.53. The second-order valence-corrected chi connectivity index (χ2v) is 6.69. The normalized spacial score (nSPS) is 15.7. The Kier molecular flexibility index (Phi) is 6.84. The summed E-state index contributed by atoms with van der Waals surface area (Å²) in [6.45, 7) is 9.63. The fraction of sp³-hybridized carbons (Fsp3) is 0.500. The highest BCUT2D eigenvalue weighted by Crippen LogP contribution is 2.13. The van der Waals surface area contributed by atoms with Crippen molar-refractivity contribution in [2.45, 2.75) is 33.5 Å². The highest BCUT2D eigenvalue weighted by Gasteiger charge is 2.13. The van der Waals surface area contributed by atoms with E-state index < -0.39 is 0 Å². The minimum Gasteiger partial charge on any atom is -0.444 e. The minimum atomic E-state index is 0.504. The van der Waals surface area contributed by atoms with Gasteiger partial charge in [-0.15, -0.1) is 0 Å². The van der Waals surface area contributed by atoms with Gasteiger partial charge in [0.2, 0.25) is 5.89 Å². The molecule has 0 radical (unpaired) electrons. The molecule has 2 aromatic rings. The summed E-state index contributed by atoms with van der Waals surface area (Å²) >= 11 is 0. The summed E-state index contributed by atoms with van der Waals surface area (Å²) in [6.07, 6.45) is 0. The van der Waals surface area contributed by atoms with E-state index in [1.54, 1.807) is 7.05 Å². The molecule has 7 heteroatoms. The van der Waals surface area contributed by atoms with Crippen LogP contribution >= 0.6 is 0 Å². The first-order chi connectivity index (χ1) is 13.2. The summed E-state index contributed by atoms with van der Waals surface area (Å²) < 4.78 is 11.0. The van der Waals surface area contributed by atoms with Gasteiger partial charge in [0.1, 0.15) is 5.76 Å². The molecule has 1 aromatic heterocycles. The van der Waals surface area contributed by atoms with Gasteiger partial charge in [-0.05, 0) is 25.0 Å². The second kappa shape index (κ2) is 9.53. The Morgan fingerprint density at radius 3 is 2.48 bits per heavy atom. The third kappa shape index (κ3) is 5.55. The van der Waals surface area contributed by atoms with Crippen LogP contribution in [0.25, 0.3) is 0 Å². The maximum atomic E-state index is 5.60. The van der Waals surface area contributed by atoms with Crippen molar-refractivity contribution in [3.63, 3.8) is 0 Å².